The van der Waals surface area contributed by atoms with Gasteiger partial charge in [-0.2, -0.15) is 0 Å². The van der Waals surface area contributed by atoms with Gasteiger partial charge in [-0.3, -0.25) is 0 Å². The van der Waals surface area contributed by atoms with E-state index >= 15 is 0 Å². The van der Waals surface area contributed by atoms with Crippen molar-refractivity contribution in [2.45, 2.75) is 43.7 Å². The number of fused-ring (bicyclic) bond motifs is 1. The average Bonchev–Trinajstić information content (AvgIpc) is 2.37. The molecule has 0 radical (unpaired) electrons. The summed E-state index contributed by atoms with van der Waals surface area (Å²) in [7, 11) is 0. The fourth-order valence-electron chi connectivity index (χ4n) is 3.03. The zero-order valence-corrected chi connectivity index (χ0v) is 10.7. The van der Waals surface area contributed by atoms with Gasteiger partial charge in [-0.15, -0.1) is 0 Å². The summed E-state index contributed by atoms with van der Waals surface area (Å²) in [4.78, 5) is 0. The Kier molecular flexibility index (Phi) is 3.27. The minimum Gasteiger partial charge on any atom is -0.487 e. The van der Waals surface area contributed by atoms with Crippen molar-refractivity contribution < 1.29 is 9.84 Å². The molecule has 1 aromatic rings. The van der Waals surface area contributed by atoms with Gasteiger partial charge in [0.05, 0.1) is 0 Å². The molecule has 1 atom stereocenters. The van der Waals surface area contributed by atoms with Crippen LogP contribution >= 0.6 is 0 Å². The summed E-state index contributed by atoms with van der Waals surface area (Å²) in [5.74, 6) is 1.05. The predicted octanol–water partition coefficient (Wildman–Crippen LogP) is 2.40. The Labute approximate surface area is 108 Å². The van der Waals surface area contributed by atoms with Crippen LogP contribution in [0.25, 0.3) is 0 Å². The summed E-state index contributed by atoms with van der Waals surface area (Å²) < 4.78 is 6.20. The molecule has 1 spiro atoms. The third-order valence-corrected chi connectivity index (χ3v) is 4.19. The molecule has 3 rings (SSSR count). The molecule has 1 aromatic carbocycles. The molecule has 3 nitrogen and oxygen atoms in total. The number of ether oxygens (including phenoxy) is 1. The number of aliphatic hydroxyl groups excluding tert-OH is 1. The van der Waals surface area contributed by atoms with Crippen molar-refractivity contribution in [1.29, 1.82) is 0 Å². The third kappa shape index (κ3) is 2.13. The van der Waals surface area contributed by atoms with Gasteiger partial charge in [0, 0.05) is 24.6 Å². The molecule has 1 aliphatic carbocycles. The van der Waals surface area contributed by atoms with Crippen LogP contribution in [0.3, 0.4) is 0 Å². The van der Waals surface area contributed by atoms with Crippen LogP contribution in [0.4, 0.5) is 0 Å². The lowest BCUT2D eigenvalue weighted by Gasteiger charge is -2.48. The van der Waals surface area contributed by atoms with E-state index in [0.29, 0.717) is 6.04 Å². The molecule has 1 saturated carbocycles. The number of aliphatic hydroxyl groups is 1. The summed E-state index contributed by atoms with van der Waals surface area (Å²) >= 11 is 0. The van der Waals surface area contributed by atoms with Gasteiger partial charge in [0.2, 0.25) is 0 Å². The van der Waals surface area contributed by atoms with E-state index in [9.17, 15) is 0 Å². The summed E-state index contributed by atoms with van der Waals surface area (Å²) in [6.45, 7) is 1.12. The number of hydrogen-bond acceptors (Lipinski definition) is 3. The predicted molar refractivity (Wildman–Crippen MR) is 70.7 cm³/mol. The first kappa shape index (κ1) is 12.0. The van der Waals surface area contributed by atoms with Gasteiger partial charge in [0.25, 0.3) is 0 Å². The number of para-hydroxylation sites is 1. The fourth-order valence-corrected chi connectivity index (χ4v) is 3.03. The van der Waals surface area contributed by atoms with E-state index in [1.165, 1.54) is 24.8 Å². The minimum absolute atomic E-state index is 0.0885. The zero-order valence-electron chi connectivity index (χ0n) is 10.7. The highest BCUT2D eigenvalue weighted by atomic mass is 16.5. The van der Waals surface area contributed by atoms with Crippen LogP contribution in [0, 0.1) is 0 Å². The SMILES string of the molecule is OCCCNC1CC2(CCC2)Oc2ccccc21. The molecule has 98 valence electrons. The van der Waals surface area contributed by atoms with Crippen LogP contribution in [-0.4, -0.2) is 23.9 Å². The molecule has 1 fully saturated rings. The highest BCUT2D eigenvalue weighted by Crippen LogP contribution is 2.48. The third-order valence-electron chi connectivity index (χ3n) is 4.19. The van der Waals surface area contributed by atoms with Crippen LogP contribution in [0.5, 0.6) is 5.75 Å². The van der Waals surface area contributed by atoms with Gasteiger partial charge >= 0.3 is 0 Å². The summed E-state index contributed by atoms with van der Waals surface area (Å²) in [6, 6.07) is 8.72. The monoisotopic (exact) mass is 247 g/mol. The van der Waals surface area contributed by atoms with Crippen molar-refractivity contribution in [3.63, 3.8) is 0 Å². The van der Waals surface area contributed by atoms with Gasteiger partial charge in [0.1, 0.15) is 11.4 Å². The number of nitrogens with one attached hydrogen (secondary N) is 1. The molecule has 0 aromatic heterocycles. The van der Waals surface area contributed by atoms with Gasteiger partial charge in [-0.1, -0.05) is 18.2 Å². The maximum atomic E-state index is 8.89. The number of rotatable bonds is 4. The van der Waals surface area contributed by atoms with Crippen molar-refractivity contribution >= 4 is 0 Å². The molecule has 0 bridgehead atoms. The highest BCUT2D eigenvalue weighted by Gasteiger charge is 2.45. The lowest BCUT2D eigenvalue weighted by Crippen LogP contribution is -2.49. The molecule has 0 amide bonds. The van der Waals surface area contributed by atoms with Crippen molar-refractivity contribution in [1.82, 2.24) is 5.32 Å². The van der Waals surface area contributed by atoms with Gasteiger partial charge in [0.15, 0.2) is 0 Å². The molecule has 1 aliphatic heterocycles. The molecule has 2 N–H and O–H groups in total. The Morgan fingerprint density at radius 2 is 2.17 bits per heavy atom. The second-order valence-corrected chi connectivity index (χ2v) is 5.46. The van der Waals surface area contributed by atoms with Crippen LogP contribution in [0.15, 0.2) is 24.3 Å². The first-order valence-electron chi connectivity index (χ1n) is 6.95. The van der Waals surface area contributed by atoms with Gasteiger partial charge in [-0.25, -0.2) is 0 Å². The Balaban J connectivity index is 1.78. The van der Waals surface area contributed by atoms with Crippen LogP contribution in [0.2, 0.25) is 0 Å². The molecule has 3 heteroatoms. The normalized spacial score (nSPS) is 24.2. The fraction of sp³-hybridized carbons (Fsp3) is 0.600. The van der Waals surface area contributed by atoms with Crippen molar-refractivity contribution in [2.24, 2.45) is 0 Å². The molecular weight excluding hydrogens is 226 g/mol. The molecule has 1 unspecified atom stereocenters. The highest BCUT2D eigenvalue weighted by molar-refractivity contribution is 5.39. The first-order chi connectivity index (χ1) is 8.83. The minimum atomic E-state index is 0.0885. The maximum Gasteiger partial charge on any atom is 0.124 e. The largest absolute Gasteiger partial charge is 0.487 e. The maximum absolute atomic E-state index is 8.89. The summed E-state index contributed by atoms with van der Waals surface area (Å²) in [5.41, 5.74) is 1.36. The van der Waals surface area contributed by atoms with Crippen LogP contribution < -0.4 is 10.1 Å². The van der Waals surface area contributed by atoms with Crippen LogP contribution in [0.1, 0.15) is 43.7 Å². The molecule has 2 aliphatic rings. The summed E-state index contributed by atoms with van der Waals surface area (Å²) in [5, 5.41) is 12.4. The molecule has 1 heterocycles. The smallest absolute Gasteiger partial charge is 0.124 e. The van der Waals surface area contributed by atoms with E-state index in [1.54, 1.807) is 0 Å². The zero-order chi connectivity index (χ0) is 12.4. The van der Waals surface area contributed by atoms with Crippen molar-refractivity contribution in [3.05, 3.63) is 29.8 Å². The Hall–Kier alpha value is -1.06. The Bertz CT molecular complexity index is 415. The van der Waals surface area contributed by atoms with Gasteiger partial charge < -0.3 is 15.2 Å². The second-order valence-electron chi connectivity index (χ2n) is 5.46. The second kappa shape index (κ2) is 4.90. The van der Waals surface area contributed by atoms with Crippen molar-refractivity contribution in [2.75, 3.05) is 13.2 Å². The van der Waals surface area contributed by atoms with E-state index in [-0.39, 0.29) is 12.2 Å². The number of benzene rings is 1. The van der Waals surface area contributed by atoms with Gasteiger partial charge in [-0.05, 0) is 38.3 Å². The van der Waals surface area contributed by atoms with Crippen LogP contribution in [-0.2, 0) is 0 Å². The lowest BCUT2D eigenvalue weighted by molar-refractivity contribution is -0.0369. The first-order valence-corrected chi connectivity index (χ1v) is 6.95. The van der Waals surface area contributed by atoms with Crippen molar-refractivity contribution in [3.8, 4) is 5.75 Å². The Morgan fingerprint density at radius 3 is 2.89 bits per heavy atom. The van der Waals surface area contributed by atoms with E-state index in [1.807, 2.05) is 6.07 Å². The topological polar surface area (TPSA) is 41.5 Å². The van der Waals surface area contributed by atoms with E-state index in [4.69, 9.17) is 9.84 Å². The van der Waals surface area contributed by atoms with E-state index in [0.717, 1.165) is 25.1 Å². The molecular formula is C15H21NO2. The Morgan fingerprint density at radius 1 is 1.33 bits per heavy atom. The molecule has 18 heavy (non-hydrogen) atoms. The number of hydrogen-bond donors (Lipinski definition) is 2. The average molecular weight is 247 g/mol. The summed E-state index contributed by atoms with van der Waals surface area (Å²) in [6.07, 6.45) is 5.52. The lowest BCUT2D eigenvalue weighted by atomic mass is 9.73. The van der Waals surface area contributed by atoms with E-state index in [2.05, 4.69) is 23.5 Å². The van der Waals surface area contributed by atoms with E-state index < -0.39 is 0 Å². The quantitative estimate of drug-likeness (QED) is 0.803. The standard InChI is InChI=1S/C15H21NO2/c17-10-4-9-16-13-11-15(7-3-8-15)18-14-6-2-1-5-12(13)14/h1-2,5-6,13,16-17H,3-4,7-11H2. The molecule has 0 saturated heterocycles.